The van der Waals surface area contributed by atoms with Crippen molar-refractivity contribution in [2.24, 2.45) is 0 Å². The molecule has 1 aliphatic heterocycles. The Kier molecular flexibility index (Phi) is 3.94. The van der Waals surface area contributed by atoms with Gasteiger partial charge in [-0.1, -0.05) is 12.8 Å². The summed E-state index contributed by atoms with van der Waals surface area (Å²) >= 11 is 0. The van der Waals surface area contributed by atoms with E-state index in [0.717, 1.165) is 55.4 Å². The van der Waals surface area contributed by atoms with Crippen LogP contribution in [0, 0.1) is 0 Å². The first-order valence-corrected chi connectivity index (χ1v) is 8.08. The summed E-state index contributed by atoms with van der Waals surface area (Å²) in [7, 11) is 1.64. The summed E-state index contributed by atoms with van der Waals surface area (Å²) < 4.78 is 5.26. The molecule has 1 aromatic carbocycles. The zero-order valence-electron chi connectivity index (χ0n) is 13.4. The van der Waals surface area contributed by atoms with Gasteiger partial charge in [-0.2, -0.15) is 0 Å². The average Bonchev–Trinajstić information content (AvgIpc) is 2.74. The maximum Gasteiger partial charge on any atom is 0.220 e. The summed E-state index contributed by atoms with van der Waals surface area (Å²) in [4.78, 5) is 27.2. The van der Waals surface area contributed by atoms with Crippen molar-refractivity contribution >= 4 is 11.7 Å². The monoisotopic (exact) mass is 301 g/mol. The van der Waals surface area contributed by atoms with Gasteiger partial charge in [-0.15, -0.1) is 0 Å². The number of ether oxygens (including phenoxy) is 1. The molecule has 1 aliphatic carbocycles. The van der Waals surface area contributed by atoms with Crippen LogP contribution >= 0.6 is 0 Å². The van der Waals surface area contributed by atoms with E-state index in [1.54, 1.807) is 14.0 Å². The first-order valence-electron chi connectivity index (χ1n) is 8.08. The molecule has 4 heteroatoms. The minimum absolute atomic E-state index is 0.0206. The van der Waals surface area contributed by atoms with E-state index in [-0.39, 0.29) is 11.7 Å². The number of Topliss-reactive ketones (excluding diaryl/α,β-unsaturated/α-hetero) is 1. The standard InChI is InChI=1S/C18H23NO3/c1-13(20)19-11-5-3-4-9-18(19)10-8-14-12-15(22-2)6-7-16(14)17(18)21/h6-7,12H,3-5,8-11H2,1-2H3. The third-order valence-corrected chi connectivity index (χ3v) is 5.16. The number of methoxy groups -OCH3 is 1. The molecule has 0 N–H and O–H groups in total. The van der Waals surface area contributed by atoms with Gasteiger partial charge in [0.15, 0.2) is 5.78 Å². The van der Waals surface area contributed by atoms with Crippen LogP contribution in [0.25, 0.3) is 0 Å². The Morgan fingerprint density at radius 2 is 2.05 bits per heavy atom. The maximum atomic E-state index is 13.2. The second kappa shape index (κ2) is 5.75. The lowest BCUT2D eigenvalue weighted by atomic mass is 9.73. The molecule has 1 amide bonds. The highest BCUT2D eigenvalue weighted by Crippen LogP contribution is 2.40. The van der Waals surface area contributed by atoms with Crippen molar-refractivity contribution in [1.29, 1.82) is 0 Å². The molecule has 0 bridgehead atoms. The third-order valence-electron chi connectivity index (χ3n) is 5.16. The number of carbonyl (C=O) groups excluding carboxylic acids is 2. The van der Waals surface area contributed by atoms with Crippen LogP contribution in [0.3, 0.4) is 0 Å². The van der Waals surface area contributed by atoms with Crippen LogP contribution < -0.4 is 4.74 Å². The number of fused-ring (bicyclic) bond motifs is 1. The number of likely N-dealkylation sites (tertiary alicyclic amines) is 1. The van der Waals surface area contributed by atoms with Gasteiger partial charge in [-0.3, -0.25) is 9.59 Å². The van der Waals surface area contributed by atoms with Gasteiger partial charge in [-0.05, 0) is 49.4 Å². The van der Waals surface area contributed by atoms with Crippen LogP contribution in [0.5, 0.6) is 5.75 Å². The molecular weight excluding hydrogens is 278 g/mol. The van der Waals surface area contributed by atoms with Crippen molar-refractivity contribution in [3.8, 4) is 5.75 Å². The fraction of sp³-hybridized carbons (Fsp3) is 0.556. The Bertz CT molecular complexity index is 610. The zero-order chi connectivity index (χ0) is 15.7. The smallest absolute Gasteiger partial charge is 0.220 e. The lowest BCUT2D eigenvalue weighted by Gasteiger charge is -2.44. The number of rotatable bonds is 1. The van der Waals surface area contributed by atoms with Crippen molar-refractivity contribution in [3.63, 3.8) is 0 Å². The molecule has 1 spiro atoms. The predicted molar refractivity (Wildman–Crippen MR) is 84.2 cm³/mol. The number of amides is 1. The summed E-state index contributed by atoms with van der Waals surface area (Å²) in [5.74, 6) is 0.924. The van der Waals surface area contributed by atoms with Gasteiger partial charge in [0.05, 0.1) is 7.11 Å². The van der Waals surface area contributed by atoms with E-state index >= 15 is 0 Å². The van der Waals surface area contributed by atoms with Crippen molar-refractivity contribution in [2.75, 3.05) is 13.7 Å². The molecular formula is C18H23NO3. The Balaban J connectivity index is 2.03. The molecule has 22 heavy (non-hydrogen) atoms. The van der Waals surface area contributed by atoms with E-state index in [1.165, 1.54) is 0 Å². The molecule has 1 unspecified atom stereocenters. The number of hydrogen-bond acceptors (Lipinski definition) is 3. The van der Waals surface area contributed by atoms with Gasteiger partial charge in [-0.25, -0.2) is 0 Å². The van der Waals surface area contributed by atoms with E-state index in [9.17, 15) is 9.59 Å². The first kappa shape index (κ1) is 15.1. The Hall–Kier alpha value is -1.84. The van der Waals surface area contributed by atoms with E-state index in [0.29, 0.717) is 6.54 Å². The van der Waals surface area contributed by atoms with E-state index in [1.807, 2.05) is 23.1 Å². The minimum atomic E-state index is -0.621. The molecule has 4 nitrogen and oxygen atoms in total. The highest BCUT2D eigenvalue weighted by Gasteiger charge is 2.48. The van der Waals surface area contributed by atoms with Crippen molar-refractivity contribution in [3.05, 3.63) is 29.3 Å². The van der Waals surface area contributed by atoms with Gasteiger partial charge in [0.25, 0.3) is 0 Å². The van der Waals surface area contributed by atoms with Crippen LogP contribution in [0.15, 0.2) is 18.2 Å². The van der Waals surface area contributed by atoms with Crippen molar-refractivity contribution < 1.29 is 14.3 Å². The normalized spacial score (nSPS) is 24.8. The summed E-state index contributed by atoms with van der Waals surface area (Å²) in [6.45, 7) is 2.29. The molecule has 3 rings (SSSR count). The van der Waals surface area contributed by atoms with Gasteiger partial charge >= 0.3 is 0 Å². The van der Waals surface area contributed by atoms with Crippen LogP contribution in [0.1, 0.15) is 54.9 Å². The van der Waals surface area contributed by atoms with Crippen LogP contribution in [0.2, 0.25) is 0 Å². The SMILES string of the molecule is COc1ccc2c(c1)CCC1(CCCCCN1C(C)=O)C2=O. The highest BCUT2D eigenvalue weighted by molar-refractivity contribution is 6.07. The maximum absolute atomic E-state index is 13.2. The third kappa shape index (κ3) is 2.31. The Morgan fingerprint density at radius 3 is 2.77 bits per heavy atom. The van der Waals surface area contributed by atoms with Crippen molar-refractivity contribution in [2.45, 2.75) is 51.0 Å². The molecule has 0 saturated carbocycles. The fourth-order valence-electron chi connectivity index (χ4n) is 4.00. The summed E-state index contributed by atoms with van der Waals surface area (Å²) in [5.41, 5.74) is 1.19. The molecule has 1 aromatic rings. The molecule has 1 atom stereocenters. The second-order valence-corrected chi connectivity index (χ2v) is 6.37. The number of aryl methyl sites for hydroxylation is 1. The number of carbonyl (C=O) groups is 2. The van der Waals surface area contributed by atoms with Gasteiger partial charge < -0.3 is 9.64 Å². The zero-order valence-corrected chi connectivity index (χ0v) is 13.4. The van der Waals surface area contributed by atoms with E-state index in [2.05, 4.69) is 0 Å². The average molecular weight is 301 g/mol. The molecule has 1 heterocycles. The molecule has 0 aromatic heterocycles. The molecule has 1 fully saturated rings. The minimum Gasteiger partial charge on any atom is -0.497 e. The number of benzene rings is 1. The van der Waals surface area contributed by atoms with Crippen LogP contribution in [0.4, 0.5) is 0 Å². The largest absolute Gasteiger partial charge is 0.497 e. The van der Waals surface area contributed by atoms with Gasteiger partial charge in [0.2, 0.25) is 5.91 Å². The number of nitrogens with zero attached hydrogens (tertiary/aromatic N) is 1. The molecule has 118 valence electrons. The van der Waals surface area contributed by atoms with Gasteiger partial charge in [0.1, 0.15) is 11.3 Å². The predicted octanol–water partition coefficient (Wildman–Crippen LogP) is 2.99. The summed E-state index contributed by atoms with van der Waals surface area (Å²) in [6.07, 6.45) is 5.43. The van der Waals surface area contributed by atoms with Crippen molar-refractivity contribution in [1.82, 2.24) is 4.90 Å². The summed E-state index contributed by atoms with van der Waals surface area (Å²) in [6, 6.07) is 5.65. The molecule has 0 radical (unpaired) electrons. The Morgan fingerprint density at radius 1 is 1.23 bits per heavy atom. The van der Waals surface area contributed by atoms with E-state index < -0.39 is 5.54 Å². The topological polar surface area (TPSA) is 46.6 Å². The van der Waals surface area contributed by atoms with E-state index in [4.69, 9.17) is 4.74 Å². The molecule has 1 saturated heterocycles. The fourth-order valence-corrected chi connectivity index (χ4v) is 4.00. The number of hydrogen-bond donors (Lipinski definition) is 0. The van der Waals surface area contributed by atoms with Crippen LogP contribution in [-0.2, 0) is 11.2 Å². The second-order valence-electron chi connectivity index (χ2n) is 6.37. The summed E-state index contributed by atoms with van der Waals surface area (Å²) in [5, 5.41) is 0. The number of ketones is 1. The van der Waals surface area contributed by atoms with Crippen LogP contribution in [-0.4, -0.2) is 35.8 Å². The molecule has 2 aliphatic rings. The quantitative estimate of drug-likeness (QED) is 0.801. The van der Waals surface area contributed by atoms with Gasteiger partial charge in [0, 0.05) is 19.0 Å². The highest BCUT2D eigenvalue weighted by atomic mass is 16.5. The Labute approximate surface area is 131 Å². The lowest BCUT2D eigenvalue weighted by Crippen LogP contribution is -2.58. The first-order chi connectivity index (χ1) is 10.6. The lowest BCUT2D eigenvalue weighted by molar-refractivity contribution is -0.134.